The van der Waals surface area contributed by atoms with Crippen LogP contribution in [0.2, 0.25) is 0 Å². The van der Waals surface area contributed by atoms with Crippen molar-refractivity contribution in [3.63, 3.8) is 0 Å². The lowest BCUT2D eigenvalue weighted by Crippen LogP contribution is -2.18. The third-order valence-electron chi connectivity index (χ3n) is 3.39. The van der Waals surface area contributed by atoms with Gasteiger partial charge in [0.25, 0.3) is 5.95 Å². The van der Waals surface area contributed by atoms with E-state index in [1.165, 1.54) is 5.69 Å². The van der Waals surface area contributed by atoms with Gasteiger partial charge in [0.15, 0.2) is 0 Å². The number of aryl methyl sites for hydroxylation is 2. The Morgan fingerprint density at radius 2 is 2.00 bits per heavy atom. The summed E-state index contributed by atoms with van der Waals surface area (Å²) in [6, 6.07) is 2.07. The van der Waals surface area contributed by atoms with Gasteiger partial charge in [0.1, 0.15) is 0 Å². The molecule has 0 bridgehead atoms. The zero-order valence-electron chi connectivity index (χ0n) is 10.7. The standard InChI is InChI=1S/C13H17N5/c1-8-6-9(2)17-13(16-8)18-12-5-3-4-11(14)10(12)7-15-18/h6-7,11H,3-5,14H2,1-2H3. The molecule has 3 rings (SSSR count). The maximum atomic E-state index is 6.10. The van der Waals surface area contributed by atoms with E-state index >= 15 is 0 Å². The first-order valence-corrected chi connectivity index (χ1v) is 6.30. The molecular formula is C13H17N5. The van der Waals surface area contributed by atoms with Crippen molar-refractivity contribution in [3.8, 4) is 5.95 Å². The minimum absolute atomic E-state index is 0.105. The van der Waals surface area contributed by atoms with Crippen LogP contribution in [0.1, 0.15) is 41.5 Å². The molecule has 5 heteroatoms. The van der Waals surface area contributed by atoms with Gasteiger partial charge >= 0.3 is 0 Å². The van der Waals surface area contributed by atoms with Crippen LogP contribution in [0.3, 0.4) is 0 Å². The van der Waals surface area contributed by atoms with Gasteiger partial charge in [-0.3, -0.25) is 0 Å². The molecule has 1 aliphatic rings. The summed E-state index contributed by atoms with van der Waals surface area (Å²) in [5, 5.41) is 4.41. The largest absolute Gasteiger partial charge is 0.324 e. The number of hydrogen-bond donors (Lipinski definition) is 1. The Labute approximate surface area is 106 Å². The minimum Gasteiger partial charge on any atom is -0.324 e. The van der Waals surface area contributed by atoms with Crippen molar-refractivity contribution in [2.24, 2.45) is 5.73 Å². The van der Waals surface area contributed by atoms with Crippen LogP contribution in [0.15, 0.2) is 12.3 Å². The third kappa shape index (κ3) is 1.80. The second-order valence-electron chi connectivity index (χ2n) is 4.91. The topological polar surface area (TPSA) is 69.6 Å². The molecule has 1 unspecified atom stereocenters. The van der Waals surface area contributed by atoms with E-state index < -0.39 is 0 Å². The highest BCUT2D eigenvalue weighted by Crippen LogP contribution is 2.28. The number of rotatable bonds is 1. The van der Waals surface area contributed by atoms with E-state index in [0.717, 1.165) is 36.2 Å². The van der Waals surface area contributed by atoms with Crippen molar-refractivity contribution in [2.75, 3.05) is 0 Å². The summed E-state index contributed by atoms with van der Waals surface area (Å²) >= 11 is 0. The predicted octanol–water partition coefficient (Wildman–Crippen LogP) is 1.62. The summed E-state index contributed by atoms with van der Waals surface area (Å²) < 4.78 is 1.84. The lowest BCUT2D eigenvalue weighted by atomic mass is 9.94. The Bertz CT molecular complexity index is 567. The van der Waals surface area contributed by atoms with Crippen LogP contribution in [0.25, 0.3) is 5.95 Å². The maximum absolute atomic E-state index is 6.10. The third-order valence-corrected chi connectivity index (χ3v) is 3.39. The molecule has 0 amide bonds. The molecule has 2 N–H and O–H groups in total. The average molecular weight is 243 g/mol. The molecular weight excluding hydrogens is 226 g/mol. The Hall–Kier alpha value is -1.75. The molecule has 2 aromatic rings. The van der Waals surface area contributed by atoms with E-state index in [-0.39, 0.29) is 6.04 Å². The highest BCUT2D eigenvalue weighted by atomic mass is 15.4. The van der Waals surface area contributed by atoms with Gasteiger partial charge in [-0.15, -0.1) is 0 Å². The Morgan fingerprint density at radius 3 is 2.72 bits per heavy atom. The molecule has 1 atom stereocenters. The molecule has 5 nitrogen and oxygen atoms in total. The number of nitrogens with zero attached hydrogens (tertiary/aromatic N) is 4. The average Bonchev–Trinajstić information content (AvgIpc) is 2.73. The van der Waals surface area contributed by atoms with E-state index in [1.54, 1.807) is 0 Å². The Kier molecular flexibility index (Phi) is 2.63. The molecule has 0 fully saturated rings. The van der Waals surface area contributed by atoms with Crippen molar-refractivity contribution in [3.05, 3.63) is 34.9 Å². The smallest absolute Gasteiger partial charge is 0.251 e. The zero-order valence-corrected chi connectivity index (χ0v) is 10.7. The van der Waals surface area contributed by atoms with Gasteiger partial charge in [0.2, 0.25) is 0 Å². The molecule has 2 heterocycles. The fraction of sp³-hybridized carbons (Fsp3) is 0.462. The fourth-order valence-corrected chi connectivity index (χ4v) is 2.57. The van der Waals surface area contributed by atoms with Crippen LogP contribution in [-0.4, -0.2) is 19.7 Å². The van der Waals surface area contributed by atoms with Gasteiger partial charge in [-0.2, -0.15) is 5.10 Å². The molecule has 0 aromatic carbocycles. The molecule has 0 spiro atoms. The molecule has 0 radical (unpaired) electrons. The van der Waals surface area contributed by atoms with Gasteiger partial charge in [-0.25, -0.2) is 14.6 Å². The first kappa shape index (κ1) is 11.3. The normalized spacial score (nSPS) is 18.7. The molecule has 94 valence electrons. The molecule has 0 aliphatic heterocycles. The summed E-state index contributed by atoms with van der Waals surface area (Å²) in [6.45, 7) is 3.94. The van der Waals surface area contributed by atoms with E-state index in [2.05, 4.69) is 15.1 Å². The number of aromatic nitrogens is 4. The Morgan fingerprint density at radius 1 is 1.28 bits per heavy atom. The van der Waals surface area contributed by atoms with Gasteiger partial charge in [-0.05, 0) is 39.2 Å². The molecule has 1 aliphatic carbocycles. The van der Waals surface area contributed by atoms with Crippen molar-refractivity contribution >= 4 is 0 Å². The second kappa shape index (κ2) is 4.17. The summed E-state index contributed by atoms with van der Waals surface area (Å²) in [5.74, 6) is 0.655. The SMILES string of the molecule is Cc1cc(C)nc(-n2ncc3c2CCCC3N)n1. The summed E-state index contributed by atoms with van der Waals surface area (Å²) in [7, 11) is 0. The molecule has 18 heavy (non-hydrogen) atoms. The summed E-state index contributed by atoms with van der Waals surface area (Å²) in [4.78, 5) is 8.92. The number of hydrogen-bond acceptors (Lipinski definition) is 4. The number of nitrogens with two attached hydrogens (primary N) is 1. The van der Waals surface area contributed by atoms with Gasteiger partial charge in [0.05, 0.1) is 11.9 Å². The molecule has 0 saturated carbocycles. The van der Waals surface area contributed by atoms with Crippen LogP contribution >= 0.6 is 0 Å². The maximum Gasteiger partial charge on any atom is 0.251 e. The first-order valence-electron chi connectivity index (χ1n) is 6.30. The lowest BCUT2D eigenvalue weighted by Gasteiger charge is -2.19. The van der Waals surface area contributed by atoms with Crippen LogP contribution in [-0.2, 0) is 6.42 Å². The fourth-order valence-electron chi connectivity index (χ4n) is 2.57. The first-order chi connectivity index (χ1) is 8.65. The quantitative estimate of drug-likeness (QED) is 0.826. The van der Waals surface area contributed by atoms with Gasteiger partial charge < -0.3 is 5.73 Å². The van der Waals surface area contributed by atoms with E-state index in [9.17, 15) is 0 Å². The van der Waals surface area contributed by atoms with Gasteiger partial charge in [-0.1, -0.05) is 0 Å². The highest BCUT2D eigenvalue weighted by Gasteiger charge is 2.22. The van der Waals surface area contributed by atoms with E-state index in [1.807, 2.05) is 30.8 Å². The summed E-state index contributed by atoms with van der Waals surface area (Å²) in [5.41, 5.74) is 10.3. The highest BCUT2D eigenvalue weighted by molar-refractivity contribution is 5.30. The number of fused-ring (bicyclic) bond motifs is 1. The monoisotopic (exact) mass is 243 g/mol. The van der Waals surface area contributed by atoms with Crippen LogP contribution < -0.4 is 5.73 Å². The van der Waals surface area contributed by atoms with Crippen LogP contribution in [0.5, 0.6) is 0 Å². The zero-order chi connectivity index (χ0) is 12.7. The van der Waals surface area contributed by atoms with Crippen molar-refractivity contribution in [2.45, 2.75) is 39.2 Å². The van der Waals surface area contributed by atoms with E-state index in [4.69, 9.17) is 5.73 Å². The van der Waals surface area contributed by atoms with Crippen LogP contribution in [0, 0.1) is 13.8 Å². The molecule has 2 aromatic heterocycles. The van der Waals surface area contributed by atoms with E-state index in [0.29, 0.717) is 5.95 Å². The summed E-state index contributed by atoms with van der Waals surface area (Å²) in [6.07, 6.45) is 5.00. The minimum atomic E-state index is 0.105. The van der Waals surface area contributed by atoms with Crippen molar-refractivity contribution in [1.29, 1.82) is 0 Å². The Balaban J connectivity index is 2.12. The molecule has 0 saturated heterocycles. The lowest BCUT2D eigenvalue weighted by molar-refractivity contribution is 0.555. The van der Waals surface area contributed by atoms with Crippen molar-refractivity contribution in [1.82, 2.24) is 19.7 Å². The van der Waals surface area contributed by atoms with Gasteiger partial charge in [0, 0.05) is 23.0 Å². The second-order valence-corrected chi connectivity index (χ2v) is 4.91. The van der Waals surface area contributed by atoms with Crippen molar-refractivity contribution < 1.29 is 0 Å². The predicted molar refractivity (Wildman–Crippen MR) is 68.5 cm³/mol. The van der Waals surface area contributed by atoms with Crippen LogP contribution in [0.4, 0.5) is 0 Å².